The van der Waals surface area contributed by atoms with Crippen molar-refractivity contribution in [3.63, 3.8) is 0 Å². The fraction of sp³-hybridized carbons (Fsp3) is 0.385. The minimum absolute atomic E-state index is 0.000530. The van der Waals surface area contributed by atoms with Gasteiger partial charge in [0.25, 0.3) is 5.91 Å². The van der Waals surface area contributed by atoms with Crippen LogP contribution in [0.4, 0.5) is 5.69 Å². The summed E-state index contributed by atoms with van der Waals surface area (Å²) in [5.41, 5.74) is 5.86. The maximum atomic E-state index is 12.1. The highest BCUT2D eigenvalue weighted by Crippen LogP contribution is 2.26. The molecule has 1 saturated heterocycles. The molecule has 0 radical (unpaired) electrons. The third kappa shape index (κ3) is 2.85. The number of benzene rings is 1. The molecule has 19 heavy (non-hydrogen) atoms. The average molecular weight is 263 g/mol. The molecule has 1 aliphatic rings. The number of hydrogen-bond acceptors (Lipinski definition) is 4. The van der Waals surface area contributed by atoms with E-state index < -0.39 is 5.60 Å². The van der Waals surface area contributed by atoms with Crippen LogP contribution in [-0.2, 0) is 9.53 Å². The number of anilines is 1. The van der Waals surface area contributed by atoms with Gasteiger partial charge in [0.15, 0.2) is 5.84 Å². The SMILES string of the molecule is CC1(C(=O)Nc2cccc(C(N)=NO)c2)CCCO1. The van der Waals surface area contributed by atoms with Gasteiger partial charge < -0.3 is 21.0 Å². The second kappa shape index (κ2) is 5.27. The van der Waals surface area contributed by atoms with Crippen LogP contribution in [0.5, 0.6) is 0 Å². The van der Waals surface area contributed by atoms with Crippen LogP contribution in [0, 0.1) is 0 Å². The number of carbonyl (C=O) groups is 1. The van der Waals surface area contributed by atoms with E-state index in [9.17, 15) is 4.79 Å². The fourth-order valence-electron chi connectivity index (χ4n) is 2.04. The van der Waals surface area contributed by atoms with Crippen molar-refractivity contribution >= 4 is 17.4 Å². The van der Waals surface area contributed by atoms with Gasteiger partial charge in [0, 0.05) is 17.9 Å². The Bertz CT molecular complexity index is 508. The molecule has 1 unspecified atom stereocenters. The zero-order chi connectivity index (χ0) is 13.9. The number of carbonyl (C=O) groups excluding carboxylic acids is 1. The Balaban J connectivity index is 2.13. The van der Waals surface area contributed by atoms with Crippen LogP contribution < -0.4 is 11.1 Å². The molecule has 6 heteroatoms. The molecule has 4 N–H and O–H groups in total. The molecule has 0 bridgehead atoms. The van der Waals surface area contributed by atoms with Crippen LogP contribution in [0.15, 0.2) is 29.4 Å². The van der Waals surface area contributed by atoms with Crippen molar-refractivity contribution in [3.05, 3.63) is 29.8 Å². The van der Waals surface area contributed by atoms with E-state index in [1.807, 2.05) is 0 Å². The Hall–Kier alpha value is -2.08. The van der Waals surface area contributed by atoms with E-state index in [1.54, 1.807) is 31.2 Å². The van der Waals surface area contributed by atoms with Gasteiger partial charge in [-0.25, -0.2) is 0 Å². The van der Waals surface area contributed by atoms with Gasteiger partial charge in [-0.3, -0.25) is 4.79 Å². The van der Waals surface area contributed by atoms with Gasteiger partial charge >= 0.3 is 0 Å². The van der Waals surface area contributed by atoms with Gasteiger partial charge in [-0.1, -0.05) is 17.3 Å². The minimum Gasteiger partial charge on any atom is -0.409 e. The van der Waals surface area contributed by atoms with E-state index >= 15 is 0 Å². The molecule has 2 rings (SSSR count). The van der Waals surface area contributed by atoms with Crippen molar-refractivity contribution in [2.24, 2.45) is 10.9 Å². The Morgan fingerprint density at radius 2 is 2.37 bits per heavy atom. The van der Waals surface area contributed by atoms with Crippen LogP contribution >= 0.6 is 0 Å². The molecule has 0 aliphatic carbocycles. The van der Waals surface area contributed by atoms with E-state index in [1.165, 1.54) is 0 Å². The molecule has 1 heterocycles. The molecule has 6 nitrogen and oxygen atoms in total. The first-order valence-electron chi connectivity index (χ1n) is 6.08. The molecule has 1 aromatic rings. The quantitative estimate of drug-likeness (QED) is 0.331. The van der Waals surface area contributed by atoms with Crippen LogP contribution in [0.25, 0.3) is 0 Å². The highest BCUT2D eigenvalue weighted by Gasteiger charge is 2.37. The molecule has 1 amide bonds. The van der Waals surface area contributed by atoms with E-state index in [2.05, 4.69) is 10.5 Å². The van der Waals surface area contributed by atoms with Gasteiger partial charge in [-0.05, 0) is 31.9 Å². The van der Waals surface area contributed by atoms with Crippen molar-refractivity contribution < 1.29 is 14.7 Å². The van der Waals surface area contributed by atoms with Crippen molar-refractivity contribution in [1.29, 1.82) is 0 Å². The summed E-state index contributed by atoms with van der Waals surface area (Å²) < 4.78 is 5.47. The zero-order valence-corrected chi connectivity index (χ0v) is 10.7. The van der Waals surface area contributed by atoms with Crippen molar-refractivity contribution in [3.8, 4) is 0 Å². The fourth-order valence-corrected chi connectivity index (χ4v) is 2.04. The smallest absolute Gasteiger partial charge is 0.256 e. The molecule has 0 spiro atoms. The first-order chi connectivity index (χ1) is 9.05. The van der Waals surface area contributed by atoms with Gasteiger partial charge in [0.1, 0.15) is 5.60 Å². The van der Waals surface area contributed by atoms with Crippen molar-refractivity contribution in [2.75, 3.05) is 11.9 Å². The molecule has 102 valence electrons. The first kappa shape index (κ1) is 13.4. The summed E-state index contributed by atoms with van der Waals surface area (Å²) in [7, 11) is 0. The Morgan fingerprint density at radius 3 is 3.00 bits per heavy atom. The summed E-state index contributed by atoms with van der Waals surface area (Å²) in [6, 6.07) is 6.80. The lowest BCUT2D eigenvalue weighted by Gasteiger charge is -2.22. The number of ether oxygens (including phenoxy) is 1. The number of rotatable bonds is 3. The summed E-state index contributed by atoms with van der Waals surface area (Å²) in [4.78, 5) is 12.1. The lowest BCUT2D eigenvalue weighted by Crippen LogP contribution is -2.39. The molecule has 1 aliphatic heterocycles. The lowest BCUT2D eigenvalue weighted by molar-refractivity contribution is -0.133. The summed E-state index contributed by atoms with van der Waals surface area (Å²) in [5.74, 6) is -0.180. The average Bonchev–Trinajstić information content (AvgIpc) is 2.86. The highest BCUT2D eigenvalue weighted by atomic mass is 16.5. The van der Waals surface area contributed by atoms with Crippen molar-refractivity contribution in [1.82, 2.24) is 0 Å². The molecular weight excluding hydrogens is 246 g/mol. The molecule has 1 aromatic carbocycles. The number of amidine groups is 1. The van der Waals surface area contributed by atoms with Crippen LogP contribution in [0.3, 0.4) is 0 Å². The largest absolute Gasteiger partial charge is 0.409 e. The van der Waals surface area contributed by atoms with Crippen LogP contribution in [-0.4, -0.2) is 29.2 Å². The topological polar surface area (TPSA) is 96.9 Å². The Labute approximate surface area is 111 Å². The summed E-state index contributed by atoms with van der Waals surface area (Å²) in [5, 5.41) is 14.3. The molecule has 1 atom stereocenters. The maximum Gasteiger partial charge on any atom is 0.256 e. The normalized spacial score (nSPS) is 23.3. The Morgan fingerprint density at radius 1 is 1.58 bits per heavy atom. The molecule has 1 fully saturated rings. The number of oxime groups is 1. The summed E-state index contributed by atoms with van der Waals surface area (Å²) >= 11 is 0. The maximum absolute atomic E-state index is 12.1. The van der Waals surface area contributed by atoms with E-state index in [0.717, 1.165) is 6.42 Å². The third-order valence-electron chi connectivity index (χ3n) is 3.22. The number of nitrogens with zero attached hydrogens (tertiary/aromatic N) is 1. The number of nitrogens with one attached hydrogen (secondary N) is 1. The monoisotopic (exact) mass is 263 g/mol. The van der Waals surface area contributed by atoms with Gasteiger partial charge in [-0.15, -0.1) is 0 Å². The van der Waals surface area contributed by atoms with E-state index in [0.29, 0.717) is 24.3 Å². The summed E-state index contributed by atoms with van der Waals surface area (Å²) in [6.45, 7) is 2.39. The lowest BCUT2D eigenvalue weighted by atomic mass is 10.0. The highest BCUT2D eigenvalue weighted by molar-refractivity contribution is 6.00. The van der Waals surface area contributed by atoms with E-state index in [4.69, 9.17) is 15.7 Å². The number of amides is 1. The van der Waals surface area contributed by atoms with Crippen molar-refractivity contribution in [2.45, 2.75) is 25.4 Å². The Kier molecular flexibility index (Phi) is 3.71. The van der Waals surface area contributed by atoms with Crippen LogP contribution in [0.1, 0.15) is 25.3 Å². The third-order valence-corrected chi connectivity index (χ3v) is 3.22. The first-order valence-corrected chi connectivity index (χ1v) is 6.08. The number of nitrogens with two attached hydrogens (primary N) is 1. The molecular formula is C13H17N3O3. The van der Waals surface area contributed by atoms with Gasteiger partial charge in [-0.2, -0.15) is 0 Å². The zero-order valence-electron chi connectivity index (χ0n) is 10.7. The minimum atomic E-state index is -0.771. The molecule has 0 saturated carbocycles. The van der Waals surface area contributed by atoms with Gasteiger partial charge in [0.05, 0.1) is 0 Å². The van der Waals surface area contributed by atoms with Gasteiger partial charge in [0.2, 0.25) is 0 Å². The molecule has 0 aromatic heterocycles. The predicted molar refractivity (Wildman–Crippen MR) is 71.2 cm³/mol. The summed E-state index contributed by atoms with van der Waals surface area (Å²) in [6.07, 6.45) is 1.59. The number of hydrogen-bond donors (Lipinski definition) is 3. The predicted octanol–water partition coefficient (Wildman–Crippen LogP) is 1.29. The second-order valence-corrected chi connectivity index (χ2v) is 4.70. The van der Waals surface area contributed by atoms with E-state index in [-0.39, 0.29) is 11.7 Å². The van der Waals surface area contributed by atoms with Crippen LogP contribution in [0.2, 0.25) is 0 Å². The standard InChI is InChI=1S/C13H17N3O3/c1-13(6-3-7-19-13)12(17)15-10-5-2-4-9(8-10)11(14)16-18/h2,4-5,8,18H,3,6-7H2,1H3,(H2,14,16)(H,15,17). The second-order valence-electron chi connectivity index (χ2n) is 4.70.